The summed E-state index contributed by atoms with van der Waals surface area (Å²) in [7, 11) is 0. The Morgan fingerprint density at radius 3 is 2.46 bits per heavy atom. The van der Waals surface area contributed by atoms with Crippen LogP contribution in [0.25, 0.3) is 0 Å². The number of fused-ring (bicyclic) bond motifs is 1. The van der Waals surface area contributed by atoms with Crippen molar-refractivity contribution in [1.82, 2.24) is 15.5 Å². The first kappa shape index (κ1) is 30.3. The predicted molar refractivity (Wildman–Crippen MR) is 143 cm³/mol. The lowest BCUT2D eigenvalue weighted by Crippen LogP contribution is -2.60. The maximum atomic E-state index is 14.3. The molecule has 0 spiro atoms. The van der Waals surface area contributed by atoms with E-state index in [1.165, 1.54) is 37.8 Å². The molecule has 0 aliphatic carbocycles. The molecule has 0 unspecified atom stereocenters. The van der Waals surface area contributed by atoms with E-state index in [0.717, 1.165) is 6.07 Å². The molecule has 2 aliphatic heterocycles. The second-order valence-corrected chi connectivity index (χ2v) is 11.7. The maximum absolute atomic E-state index is 14.3. The first-order chi connectivity index (χ1) is 19.0. The van der Waals surface area contributed by atoms with Gasteiger partial charge >= 0.3 is 12.1 Å². The largest absolute Gasteiger partial charge is 0.471 e. The number of piperidine rings is 1. The summed E-state index contributed by atoms with van der Waals surface area (Å²) in [5.74, 6) is -4.97. The van der Waals surface area contributed by atoms with Crippen LogP contribution in [0.3, 0.4) is 0 Å². The van der Waals surface area contributed by atoms with Gasteiger partial charge in [-0.3, -0.25) is 19.2 Å². The van der Waals surface area contributed by atoms with Gasteiger partial charge in [0.05, 0.1) is 12.5 Å². The molecule has 0 bridgehead atoms. The van der Waals surface area contributed by atoms with Crippen molar-refractivity contribution in [2.75, 3.05) is 18.4 Å². The van der Waals surface area contributed by atoms with Gasteiger partial charge in [-0.25, -0.2) is 4.39 Å². The SMILES string of the molecule is CC(C)(C)[C@H](NC(=O)C(F)(F)F)C(=O)N[C@@H]1CN(C(=O)c2cccc3c2CC(=O)N3)CC[C@H]1c1cc(F)cc(Cl)c1. The normalized spacial score (nSPS) is 19.7. The first-order valence-electron chi connectivity index (χ1n) is 12.9. The number of nitrogens with zero attached hydrogens (tertiary/aromatic N) is 1. The van der Waals surface area contributed by atoms with Crippen molar-refractivity contribution in [3.63, 3.8) is 0 Å². The average Bonchev–Trinajstić information content (AvgIpc) is 3.24. The Labute approximate surface area is 238 Å². The monoisotopic (exact) mass is 596 g/mol. The number of nitrogens with one attached hydrogen (secondary N) is 3. The third-order valence-corrected chi connectivity index (χ3v) is 7.44. The molecule has 1 saturated heterocycles. The van der Waals surface area contributed by atoms with Crippen LogP contribution in [-0.4, -0.2) is 59.9 Å². The first-order valence-corrected chi connectivity index (χ1v) is 13.3. The zero-order valence-electron chi connectivity index (χ0n) is 22.5. The molecule has 2 aromatic rings. The molecule has 4 amide bonds. The van der Waals surface area contributed by atoms with E-state index in [0.29, 0.717) is 22.4 Å². The zero-order valence-corrected chi connectivity index (χ0v) is 23.3. The van der Waals surface area contributed by atoms with Crippen LogP contribution in [0, 0.1) is 11.2 Å². The Morgan fingerprint density at radius 2 is 1.83 bits per heavy atom. The van der Waals surface area contributed by atoms with Crippen molar-refractivity contribution in [2.45, 2.75) is 57.8 Å². The molecule has 3 N–H and O–H groups in total. The summed E-state index contributed by atoms with van der Waals surface area (Å²) >= 11 is 6.08. The van der Waals surface area contributed by atoms with Crippen molar-refractivity contribution < 1.29 is 36.7 Å². The number of amides is 4. The van der Waals surface area contributed by atoms with Gasteiger partial charge in [0.1, 0.15) is 11.9 Å². The molecule has 13 heteroatoms. The van der Waals surface area contributed by atoms with Crippen LogP contribution in [0.1, 0.15) is 54.6 Å². The summed E-state index contributed by atoms with van der Waals surface area (Å²) in [5, 5.41) is 7.30. The highest BCUT2D eigenvalue weighted by molar-refractivity contribution is 6.30. The van der Waals surface area contributed by atoms with Gasteiger partial charge in [0.25, 0.3) is 5.91 Å². The fourth-order valence-corrected chi connectivity index (χ4v) is 5.48. The van der Waals surface area contributed by atoms with E-state index in [1.807, 2.05) is 0 Å². The van der Waals surface area contributed by atoms with E-state index in [1.54, 1.807) is 23.5 Å². The average molecular weight is 597 g/mol. The van der Waals surface area contributed by atoms with Crippen molar-refractivity contribution in [2.24, 2.45) is 5.41 Å². The summed E-state index contributed by atoms with van der Waals surface area (Å²) < 4.78 is 53.4. The summed E-state index contributed by atoms with van der Waals surface area (Å²) in [4.78, 5) is 52.2. The smallest absolute Gasteiger partial charge is 0.349 e. The highest BCUT2D eigenvalue weighted by atomic mass is 35.5. The van der Waals surface area contributed by atoms with Crippen LogP contribution >= 0.6 is 11.6 Å². The lowest BCUT2D eigenvalue weighted by molar-refractivity contribution is -0.175. The Morgan fingerprint density at radius 1 is 1.12 bits per heavy atom. The third kappa shape index (κ3) is 6.80. The molecule has 41 heavy (non-hydrogen) atoms. The number of halogens is 5. The molecule has 0 aromatic heterocycles. The summed E-state index contributed by atoms with van der Waals surface area (Å²) in [6.07, 6.45) is -4.91. The fraction of sp³-hybridized carbons (Fsp3) is 0.429. The summed E-state index contributed by atoms with van der Waals surface area (Å²) in [6.45, 7) is 4.64. The van der Waals surface area contributed by atoms with E-state index < -0.39 is 53.1 Å². The molecular weight excluding hydrogens is 568 g/mol. The van der Waals surface area contributed by atoms with Gasteiger partial charge in [-0.1, -0.05) is 38.4 Å². The van der Waals surface area contributed by atoms with Crippen molar-refractivity contribution in [3.8, 4) is 0 Å². The second-order valence-electron chi connectivity index (χ2n) is 11.3. The van der Waals surface area contributed by atoms with Crippen LogP contribution in [0.15, 0.2) is 36.4 Å². The quantitative estimate of drug-likeness (QED) is 0.450. The number of carbonyl (C=O) groups excluding carboxylic acids is 4. The Kier molecular flexibility index (Phi) is 8.35. The Hall–Kier alpha value is -3.67. The van der Waals surface area contributed by atoms with Crippen LogP contribution < -0.4 is 16.0 Å². The number of rotatable bonds is 5. The van der Waals surface area contributed by atoms with Crippen molar-refractivity contribution in [3.05, 3.63) is 63.9 Å². The molecule has 8 nitrogen and oxygen atoms in total. The van der Waals surface area contributed by atoms with Crippen LogP contribution in [0.2, 0.25) is 5.02 Å². The van der Waals surface area contributed by atoms with Gasteiger partial charge in [-0.15, -0.1) is 0 Å². The minimum absolute atomic E-state index is 0.0296. The van der Waals surface area contributed by atoms with Gasteiger partial charge < -0.3 is 20.9 Å². The number of alkyl halides is 3. The molecule has 1 fully saturated rings. The van der Waals surface area contributed by atoms with E-state index >= 15 is 0 Å². The molecule has 2 aliphatic rings. The number of anilines is 1. The maximum Gasteiger partial charge on any atom is 0.471 e. The zero-order chi connectivity index (χ0) is 30.3. The van der Waals surface area contributed by atoms with Gasteiger partial charge in [0.15, 0.2) is 0 Å². The molecule has 0 saturated carbocycles. The van der Waals surface area contributed by atoms with Crippen LogP contribution in [-0.2, 0) is 20.8 Å². The van der Waals surface area contributed by atoms with Gasteiger partial charge in [-0.05, 0) is 53.3 Å². The van der Waals surface area contributed by atoms with E-state index in [-0.39, 0.29) is 36.9 Å². The lowest BCUT2D eigenvalue weighted by atomic mass is 9.83. The van der Waals surface area contributed by atoms with Gasteiger partial charge in [-0.2, -0.15) is 13.2 Å². The number of benzene rings is 2. The number of carbonyl (C=O) groups is 4. The second kappa shape index (κ2) is 11.3. The number of hydrogen-bond acceptors (Lipinski definition) is 4. The highest BCUT2D eigenvalue weighted by Gasteiger charge is 2.45. The van der Waals surface area contributed by atoms with Crippen LogP contribution in [0.5, 0.6) is 0 Å². The molecule has 2 heterocycles. The van der Waals surface area contributed by atoms with E-state index in [4.69, 9.17) is 11.6 Å². The standard InChI is InChI=1S/C28H29ClF4N4O4/c1-27(2,3)23(36-26(41)28(31,32)33)24(39)35-21-13-37(8-7-17(21)14-9-15(29)11-16(30)10-14)25(40)18-5-4-6-20-19(18)12-22(38)34-20/h4-6,9-11,17,21,23H,7-8,12-13H2,1-3H3,(H,34,38)(H,35,39)(H,36,41)/t17-,21+,23+/m0/s1. The van der Waals surface area contributed by atoms with E-state index in [9.17, 15) is 36.7 Å². The molecule has 4 rings (SSSR count). The minimum Gasteiger partial charge on any atom is -0.349 e. The van der Waals surface area contributed by atoms with Gasteiger partial charge in [0.2, 0.25) is 11.8 Å². The topological polar surface area (TPSA) is 108 Å². The van der Waals surface area contributed by atoms with E-state index in [2.05, 4.69) is 10.6 Å². The minimum atomic E-state index is -5.20. The molecular formula is C28H29ClF4N4O4. The molecule has 3 atom stereocenters. The van der Waals surface area contributed by atoms with Gasteiger partial charge in [0, 0.05) is 35.3 Å². The Balaban J connectivity index is 1.64. The molecule has 0 radical (unpaired) electrons. The highest BCUT2D eigenvalue weighted by Crippen LogP contribution is 2.34. The molecule has 220 valence electrons. The predicted octanol–water partition coefficient (Wildman–Crippen LogP) is 4.18. The summed E-state index contributed by atoms with van der Waals surface area (Å²) in [5.41, 5.74) is 0.711. The van der Waals surface area contributed by atoms with Crippen molar-refractivity contribution in [1.29, 1.82) is 0 Å². The van der Waals surface area contributed by atoms with Crippen molar-refractivity contribution >= 4 is 40.9 Å². The third-order valence-electron chi connectivity index (χ3n) is 7.22. The Bertz CT molecular complexity index is 1370. The number of hydrogen-bond donors (Lipinski definition) is 3. The number of likely N-dealkylation sites (tertiary alicyclic amines) is 1. The van der Waals surface area contributed by atoms with Crippen LogP contribution in [0.4, 0.5) is 23.2 Å². The summed E-state index contributed by atoms with van der Waals surface area (Å²) in [6, 6.07) is 6.36. The lowest BCUT2D eigenvalue weighted by Gasteiger charge is -2.41. The fourth-order valence-electron chi connectivity index (χ4n) is 5.25. The molecule has 2 aromatic carbocycles.